The van der Waals surface area contributed by atoms with E-state index in [0.29, 0.717) is 5.69 Å². The minimum atomic E-state index is -0.545. The zero-order valence-electron chi connectivity index (χ0n) is 9.65. The molecule has 0 N–H and O–H groups in total. The fourth-order valence-electron chi connectivity index (χ4n) is 1.93. The SMILES string of the molecule is COC(=O)C1CC(=O)N(c2ccc(F)c(Cl)c2)C1. The van der Waals surface area contributed by atoms with E-state index >= 15 is 0 Å². The Balaban J connectivity index is 2.21. The van der Waals surface area contributed by atoms with Gasteiger partial charge in [0, 0.05) is 18.7 Å². The molecule has 0 saturated carbocycles. The maximum Gasteiger partial charge on any atom is 0.311 e. The zero-order valence-corrected chi connectivity index (χ0v) is 10.4. The normalized spacial score (nSPS) is 19.2. The van der Waals surface area contributed by atoms with Crippen molar-refractivity contribution in [2.24, 2.45) is 5.92 Å². The van der Waals surface area contributed by atoms with E-state index in [1.54, 1.807) is 0 Å². The Morgan fingerprint density at radius 1 is 1.56 bits per heavy atom. The fraction of sp³-hybridized carbons (Fsp3) is 0.333. The van der Waals surface area contributed by atoms with Crippen LogP contribution in [0.2, 0.25) is 5.02 Å². The molecule has 1 atom stereocenters. The van der Waals surface area contributed by atoms with Gasteiger partial charge in [0.1, 0.15) is 5.82 Å². The van der Waals surface area contributed by atoms with E-state index in [-0.39, 0.29) is 23.9 Å². The van der Waals surface area contributed by atoms with Gasteiger partial charge in [0.2, 0.25) is 5.91 Å². The number of hydrogen-bond acceptors (Lipinski definition) is 3. The standard InChI is InChI=1S/C12H11ClFNO3/c1-18-12(17)7-4-11(16)15(6-7)8-2-3-10(14)9(13)5-8/h2-3,5,7H,4,6H2,1H3. The number of carbonyl (C=O) groups is 2. The largest absolute Gasteiger partial charge is 0.469 e. The summed E-state index contributed by atoms with van der Waals surface area (Å²) in [5, 5.41) is -0.0539. The van der Waals surface area contributed by atoms with Crippen molar-refractivity contribution in [2.75, 3.05) is 18.6 Å². The van der Waals surface area contributed by atoms with Gasteiger partial charge in [-0.2, -0.15) is 0 Å². The Labute approximate surface area is 108 Å². The number of halogens is 2. The van der Waals surface area contributed by atoms with Crippen molar-refractivity contribution >= 4 is 29.2 Å². The molecular formula is C12H11ClFNO3. The number of ether oxygens (including phenoxy) is 1. The minimum Gasteiger partial charge on any atom is -0.469 e. The molecule has 1 fully saturated rings. The minimum absolute atomic E-state index is 0.0539. The number of benzene rings is 1. The van der Waals surface area contributed by atoms with Gasteiger partial charge in [-0.05, 0) is 18.2 Å². The van der Waals surface area contributed by atoms with Crippen LogP contribution in [0.5, 0.6) is 0 Å². The zero-order chi connectivity index (χ0) is 13.3. The average molecular weight is 272 g/mol. The molecular weight excluding hydrogens is 261 g/mol. The van der Waals surface area contributed by atoms with Gasteiger partial charge in [-0.15, -0.1) is 0 Å². The number of anilines is 1. The molecule has 1 aromatic carbocycles. The molecule has 1 aliphatic rings. The second kappa shape index (κ2) is 4.94. The first-order valence-corrected chi connectivity index (χ1v) is 5.74. The molecule has 1 aromatic rings. The summed E-state index contributed by atoms with van der Waals surface area (Å²) in [6, 6.07) is 4.02. The highest BCUT2D eigenvalue weighted by Crippen LogP contribution is 2.28. The number of carbonyl (C=O) groups excluding carboxylic acids is 2. The molecule has 0 spiro atoms. The summed E-state index contributed by atoms with van der Waals surface area (Å²) in [6.45, 7) is 0.230. The van der Waals surface area contributed by atoms with Crippen LogP contribution in [0.3, 0.4) is 0 Å². The molecule has 6 heteroatoms. The van der Waals surface area contributed by atoms with Gasteiger partial charge < -0.3 is 9.64 Å². The predicted octanol–water partition coefficient (Wildman–Crippen LogP) is 2.00. The first-order chi connectivity index (χ1) is 8.52. The van der Waals surface area contributed by atoms with Crippen LogP contribution in [0.25, 0.3) is 0 Å². The highest BCUT2D eigenvalue weighted by Gasteiger charge is 2.35. The lowest BCUT2D eigenvalue weighted by Gasteiger charge is -2.16. The highest BCUT2D eigenvalue weighted by atomic mass is 35.5. The molecule has 1 unspecified atom stereocenters. The van der Waals surface area contributed by atoms with Crippen LogP contribution in [-0.4, -0.2) is 25.5 Å². The van der Waals surface area contributed by atoms with Crippen molar-refractivity contribution in [3.8, 4) is 0 Å². The second-order valence-electron chi connectivity index (χ2n) is 4.03. The summed E-state index contributed by atoms with van der Waals surface area (Å²) in [5.74, 6) is -1.64. The molecule has 4 nitrogen and oxygen atoms in total. The first kappa shape index (κ1) is 12.8. The smallest absolute Gasteiger partial charge is 0.311 e. The van der Waals surface area contributed by atoms with Crippen molar-refractivity contribution in [1.82, 2.24) is 0 Å². The fourth-order valence-corrected chi connectivity index (χ4v) is 2.11. The van der Waals surface area contributed by atoms with E-state index in [1.807, 2.05) is 0 Å². The van der Waals surface area contributed by atoms with Gasteiger partial charge in [0.05, 0.1) is 18.1 Å². The topological polar surface area (TPSA) is 46.6 Å². The Morgan fingerprint density at radius 3 is 2.89 bits per heavy atom. The average Bonchev–Trinajstić information content (AvgIpc) is 2.74. The summed E-state index contributed by atoms with van der Waals surface area (Å²) < 4.78 is 17.6. The first-order valence-electron chi connectivity index (χ1n) is 5.36. The van der Waals surface area contributed by atoms with Gasteiger partial charge in [-0.25, -0.2) is 4.39 Å². The van der Waals surface area contributed by atoms with E-state index < -0.39 is 17.7 Å². The molecule has 1 heterocycles. The van der Waals surface area contributed by atoms with Crippen LogP contribution in [0, 0.1) is 11.7 Å². The molecule has 0 aromatic heterocycles. The highest BCUT2D eigenvalue weighted by molar-refractivity contribution is 6.31. The van der Waals surface area contributed by atoms with E-state index in [9.17, 15) is 14.0 Å². The van der Waals surface area contributed by atoms with Crippen LogP contribution < -0.4 is 4.90 Å². The summed E-state index contributed by atoms with van der Waals surface area (Å²) in [6.07, 6.45) is 0.0989. The second-order valence-corrected chi connectivity index (χ2v) is 4.43. The van der Waals surface area contributed by atoms with Crippen molar-refractivity contribution < 1.29 is 18.7 Å². The summed E-state index contributed by atoms with van der Waals surface area (Å²) in [5.41, 5.74) is 0.484. The van der Waals surface area contributed by atoms with Crippen molar-refractivity contribution in [3.63, 3.8) is 0 Å². The van der Waals surface area contributed by atoms with Gasteiger partial charge >= 0.3 is 5.97 Å². The predicted molar refractivity (Wildman–Crippen MR) is 63.9 cm³/mol. The van der Waals surface area contributed by atoms with Crippen molar-refractivity contribution in [3.05, 3.63) is 29.0 Å². The van der Waals surface area contributed by atoms with Gasteiger partial charge in [-0.1, -0.05) is 11.6 Å². The number of nitrogens with zero attached hydrogens (tertiary/aromatic N) is 1. The molecule has 0 bridgehead atoms. The van der Waals surface area contributed by atoms with Crippen LogP contribution in [-0.2, 0) is 14.3 Å². The third-order valence-corrected chi connectivity index (χ3v) is 3.16. The van der Waals surface area contributed by atoms with E-state index in [0.717, 1.165) is 0 Å². The lowest BCUT2D eigenvalue weighted by molar-refractivity contribution is -0.145. The number of hydrogen-bond donors (Lipinski definition) is 0. The molecule has 96 valence electrons. The van der Waals surface area contributed by atoms with Gasteiger partial charge in [-0.3, -0.25) is 9.59 Å². The van der Waals surface area contributed by atoms with Crippen molar-refractivity contribution in [1.29, 1.82) is 0 Å². The monoisotopic (exact) mass is 271 g/mol. The van der Waals surface area contributed by atoms with E-state index in [4.69, 9.17) is 11.6 Å². The molecule has 18 heavy (non-hydrogen) atoms. The molecule has 0 radical (unpaired) electrons. The van der Waals surface area contributed by atoms with E-state index in [1.165, 1.54) is 30.2 Å². The van der Waals surface area contributed by atoms with Gasteiger partial charge in [0.25, 0.3) is 0 Å². The number of esters is 1. The maximum atomic E-state index is 13.0. The Hall–Kier alpha value is -1.62. The number of amides is 1. The van der Waals surface area contributed by atoms with Crippen LogP contribution in [0.1, 0.15) is 6.42 Å². The molecule has 1 aliphatic heterocycles. The van der Waals surface area contributed by atoms with E-state index in [2.05, 4.69) is 4.74 Å². The summed E-state index contributed by atoms with van der Waals surface area (Å²) >= 11 is 5.66. The summed E-state index contributed by atoms with van der Waals surface area (Å²) in [7, 11) is 1.28. The third-order valence-electron chi connectivity index (χ3n) is 2.87. The Kier molecular flexibility index (Phi) is 3.52. The van der Waals surface area contributed by atoms with Crippen LogP contribution in [0.4, 0.5) is 10.1 Å². The Bertz CT molecular complexity index is 506. The molecule has 2 rings (SSSR count). The maximum absolute atomic E-state index is 13.0. The summed E-state index contributed by atoms with van der Waals surface area (Å²) in [4.78, 5) is 24.6. The Morgan fingerprint density at radius 2 is 2.28 bits per heavy atom. The number of methoxy groups -OCH3 is 1. The quantitative estimate of drug-likeness (QED) is 0.773. The molecule has 1 saturated heterocycles. The third kappa shape index (κ3) is 2.31. The van der Waals surface area contributed by atoms with Crippen molar-refractivity contribution in [2.45, 2.75) is 6.42 Å². The van der Waals surface area contributed by atoms with Crippen LogP contribution >= 0.6 is 11.6 Å². The van der Waals surface area contributed by atoms with Crippen LogP contribution in [0.15, 0.2) is 18.2 Å². The molecule has 0 aliphatic carbocycles. The molecule has 1 amide bonds. The lowest BCUT2D eigenvalue weighted by atomic mass is 10.1. The number of rotatable bonds is 2. The lowest BCUT2D eigenvalue weighted by Crippen LogP contribution is -2.26. The van der Waals surface area contributed by atoms with Gasteiger partial charge in [0.15, 0.2) is 0 Å².